The summed E-state index contributed by atoms with van der Waals surface area (Å²) >= 11 is 0. The van der Waals surface area contributed by atoms with E-state index < -0.39 is 16.1 Å². The average molecular weight is 238 g/mol. The van der Waals surface area contributed by atoms with Crippen molar-refractivity contribution >= 4 is 26.5 Å². The number of phenolic OH excluding ortho intramolecular Hbond substituents is 1. The topological polar surface area (TPSA) is 20.2 Å². The lowest BCUT2D eigenvalue weighted by molar-refractivity contribution is 0.479. The van der Waals surface area contributed by atoms with Crippen LogP contribution in [0.1, 0.15) is 0 Å². The zero-order valence-corrected chi connectivity index (χ0v) is 12.7. The Kier molecular flexibility index (Phi) is 3.17. The van der Waals surface area contributed by atoms with E-state index in [9.17, 15) is 5.11 Å². The normalized spacial score (nSPS) is 12.9. The molecular formula is C12H22OSi2. The standard InChI is InChI=1S/C12H22OSi2/c1-14(2,3)11-9-7-8-10(13)12(11)15(4,5)6/h7-9,13H,1-6H3. The molecular weight excluding hydrogens is 216 g/mol. The lowest BCUT2D eigenvalue weighted by Crippen LogP contribution is -2.56. The van der Waals surface area contributed by atoms with Crippen LogP contribution in [0.15, 0.2) is 18.2 Å². The van der Waals surface area contributed by atoms with Gasteiger partial charge < -0.3 is 5.11 Å². The summed E-state index contributed by atoms with van der Waals surface area (Å²) in [7, 11) is -2.79. The predicted molar refractivity (Wildman–Crippen MR) is 74.1 cm³/mol. The fourth-order valence-corrected chi connectivity index (χ4v) is 7.42. The van der Waals surface area contributed by atoms with Crippen molar-refractivity contribution in [1.82, 2.24) is 0 Å². The Labute approximate surface area is 95.2 Å². The first-order chi connectivity index (χ1) is 6.64. The Morgan fingerprint density at radius 3 is 1.73 bits per heavy atom. The molecule has 1 nitrogen and oxygen atoms in total. The summed E-state index contributed by atoms with van der Waals surface area (Å²) in [5.74, 6) is 0.508. The quantitative estimate of drug-likeness (QED) is 0.785. The summed E-state index contributed by atoms with van der Waals surface area (Å²) in [6.45, 7) is 13.9. The molecule has 0 saturated carbocycles. The third-order valence-electron chi connectivity index (χ3n) is 2.60. The van der Waals surface area contributed by atoms with Crippen LogP contribution in [0.4, 0.5) is 0 Å². The minimum absolute atomic E-state index is 0.508. The Morgan fingerprint density at radius 1 is 0.867 bits per heavy atom. The van der Waals surface area contributed by atoms with E-state index >= 15 is 0 Å². The molecule has 0 amide bonds. The van der Waals surface area contributed by atoms with E-state index in [4.69, 9.17) is 0 Å². The molecule has 0 atom stereocenters. The van der Waals surface area contributed by atoms with E-state index in [2.05, 4.69) is 45.3 Å². The SMILES string of the molecule is C[Si](C)(C)c1cccc(O)c1[Si](C)(C)C. The van der Waals surface area contributed by atoms with E-state index in [-0.39, 0.29) is 0 Å². The molecule has 0 aliphatic heterocycles. The molecule has 3 heteroatoms. The second-order valence-electron chi connectivity index (χ2n) is 6.20. The van der Waals surface area contributed by atoms with Crippen molar-refractivity contribution in [3.8, 4) is 5.75 Å². The lowest BCUT2D eigenvalue weighted by Gasteiger charge is -2.28. The van der Waals surface area contributed by atoms with Gasteiger partial charge in [0, 0.05) is 0 Å². The van der Waals surface area contributed by atoms with Crippen LogP contribution in [0.5, 0.6) is 5.75 Å². The highest BCUT2D eigenvalue weighted by Gasteiger charge is 2.29. The molecule has 0 spiro atoms. The fourth-order valence-electron chi connectivity index (χ4n) is 1.95. The predicted octanol–water partition coefficient (Wildman–Crippen LogP) is 2.48. The first-order valence-electron chi connectivity index (χ1n) is 5.47. The molecule has 1 N–H and O–H groups in total. The van der Waals surface area contributed by atoms with Gasteiger partial charge in [-0.15, -0.1) is 0 Å². The Bertz CT molecular complexity index is 359. The molecule has 0 aromatic heterocycles. The third kappa shape index (κ3) is 2.72. The second-order valence-corrected chi connectivity index (χ2v) is 16.2. The summed E-state index contributed by atoms with van der Waals surface area (Å²) < 4.78 is 0. The highest BCUT2D eigenvalue weighted by Crippen LogP contribution is 2.14. The van der Waals surface area contributed by atoms with Gasteiger partial charge in [-0.1, -0.05) is 56.6 Å². The average Bonchev–Trinajstić information content (AvgIpc) is 1.99. The summed E-state index contributed by atoms with van der Waals surface area (Å²) in [4.78, 5) is 0. The molecule has 0 unspecified atom stereocenters. The van der Waals surface area contributed by atoms with Crippen LogP contribution in [-0.2, 0) is 0 Å². The van der Waals surface area contributed by atoms with Crippen molar-refractivity contribution < 1.29 is 5.11 Å². The van der Waals surface area contributed by atoms with Gasteiger partial charge in [-0.25, -0.2) is 0 Å². The van der Waals surface area contributed by atoms with Crippen molar-refractivity contribution in [2.75, 3.05) is 0 Å². The highest BCUT2D eigenvalue weighted by atomic mass is 28.3. The molecule has 0 fully saturated rings. The zero-order chi connectivity index (χ0) is 11.9. The molecule has 0 bridgehead atoms. The van der Waals surface area contributed by atoms with E-state index in [1.807, 2.05) is 12.1 Å². The van der Waals surface area contributed by atoms with Crippen LogP contribution in [0.3, 0.4) is 0 Å². The number of rotatable bonds is 2. The molecule has 1 aromatic rings. The molecule has 1 aromatic carbocycles. The molecule has 0 radical (unpaired) electrons. The van der Waals surface area contributed by atoms with Gasteiger partial charge in [-0.05, 0) is 11.3 Å². The largest absolute Gasteiger partial charge is 0.508 e. The van der Waals surface area contributed by atoms with Gasteiger partial charge in [-0.3, -0.25) is 0 Å². The maximum atomic E-state index is 10.0. The molecule has 15 heavy (non-hydrogen) atoms. The van der Waals surface area contributed by atoms with Crippen LogP contribution in [0.2, 0.25) is 39.3 Å². The van der Waals surface area contributed by atoms with E-state index in [1.54, 1.807) is 0 Å². The molecule has 0 aliphatic rings. The van der Waals surface area contributed by atoms with Gasteiger partial charge in [0.05, 0.1) is 16.1 Å². The van der Waals surface area contributed by atoms with Gasteiger partial charge in [-0.2, -0.15) is 0 Å². The van der Waals surface area contributed by atoms with Crippen molar-refractivity contribution in [2.24, 2.45) is 0 Å². The van der Waals surface area contributed by atoms with E-state index in [0.29, 0.717) is 5.75 Å². The van der Waals surface area contributed by atoms with Crippen molar-refractivity contribution in [3.63, 3.8) is 0 Å². The van der Waals surface area contributed by atoms with Crippen LogP contribution in [0, 0.1) is 0 Å². The summed E-state index contributed by atoms with van der Waals surface area (Å²) in [5, 5.41) is 12.7. The number of benzene rings is 1. The van der Waals surface area contributed by atoms with Gasteiger partial charge in [0.25, 0.3) is 0 Å². The molecule has 1 rings (SSSR count). The van der Waals surface area contributed by atoms with Crippen LogP contribution >= 0.6 is 0 Å². The monoisotopic (exact) mass is 238 g/mol. The first-order valence-corrected chi connectivity index (χ1v) is 12.5. The minimum atomic E-state index is -1.45. The molecule has 0 aliphatic carbocycles. The smallest absolute Gasteiger partial charge is 0.114 e. The first kappa shape index (κ1) is 12.5. The van der Waals surface area contributed by atoms with Gasteiger partial charge >= 0.3 is 0 Å². The second kappa shape index (κ2) is 3.79. The number of hydrogen-bond acceptors (Lipinski definition) is 1. The Morgan fingerprint density at radius 2 is 1.40 bits per heavy atom. The zero-order valence-electron chi connectivity index (χ0n) is 10.7. The maximum Gasteiger partial charge on any atom is 0.114 e. The summed E-state index contributed by atoms with van der Waals surface area (Å²) in [6.07, 6.45) is 0. The summed E-state index contributed by atoms with van der Waals surface area (Å²) in [5.41, 5.74) is 0. The van der Waals surface area contributed by atoms with Crippen LogP contribution in [-0.4, -0.2) is 21.3 Å². The molecule has 0 saturated heterocycles. The number of aromatic hydroxyl groups is 1. The van der Waals surface area contributed by atoms with E-state index in [0.717, 1.165) is 0 Å². The fraction of sp³-hybridized carbons (Fsp3) is 0.500. The van der Waals surface area contributed by atoms with Gasteiger partial charge in [0.2, 0.25) is 0 Å². The minimum Gasteiger partial charge on any atom is -0.508 e. The number of hydrogen-bond donors (Lipinski definition) is 1. The van der Waals surface area contributed by atoms with Gasteiger partial charge in [0.1, 0.15) is 5.75 Å². The van der Waals surface area contributed by atoms with Crippen LogP contribution in [0.25, 0.3) is 0 Å². The third-order valence-corrected chi connectivity index (χ3v) is 6.91. The Hall–Kier alpha value is -0.546. The molecule has 0 heterocycles. The lowest BCUT2D eigenvalue weighted by atomic mass is 10.3. The molecule has 84 valence electrons. The van der Waals surface area contributed by atoms with Gasteiger partial charge in [0.15, 0.2) is 0 Å². The summed E-state index contributed by atoms with van der Waals surface area (Å²) in [6, 6.07) is 6.02. The number of phenols is 1. The van der Waals surface area contributed by atoms with Crippen molar-refractivity contribution in [1.29, 1.82) is 0 Å². The maximum absolute atomic E-state index is 10.0. The van der Waals surface area contributed by atoms with E-state index in [1.165, 1.54) is 10.4 Å². The van der Waals surface area contributed by atoms with Crippen molar-refractivity contribution in [2.45, 2.75) is 39.3 Å². The van der Waals surface area contributed by atoms with Crippen LogP contribution < -0.4 is 10.4 Å². The Balaban J connectivity index is 3.48. The van der Waals surface area contributed by atoms with Crippen molar-refractivity contribution in [3.05, 3.63) is 18.2 Å². The highest BCUT2D eigenvalue weighted by molar-refractivity contribution is 6.98.